The predicted octanol–water partition coefficient (Wildman–Crippen LogP) is 1.81. The summed E-state index contributed by atoms with van der Waals surface area (Å²) in [4.78, 5) is 4.17. The number of thiazole rings is 1. The van der Waals surface area contributed by atoms with Crippen LogP contribution in [0.2, 0.25) is 5.02 Å². The Morgan fingerprint density at radius 3 is 2.85 bits per heavy atom. The fraction of sp³-hybridized carbons (Fsp3) is 0.250. The van der Waals surface area contributed by atoms with Gasteiger partial charge in [0.1, 0.15) is 0 Å². The second kappa shape index (κ2) is 6.64. The Labute approximate surface area is 126 Å². The first-order chi connectivity index (χ1) is 9.53. The van der Waals surface area contributed by atoms with Crippen LogP contribution < -0.4 is 4.72 Å². The molecule has 5 nitrogen and oxygen atoms in total. The van der Waals surface area contributed by atoms with Crippen molar-refractivity contribution in [2.45, 2.75) is 17.9 Å². The van der Waals surface area contributed by atoms with E-state index in [4.69, 9.17) is 16.7 Å². The van der Waals surface area contributed by atoms with Crippen LogP contribution in [0.5, 0.6) is 0 Å². The van der Waals surface area contributed by atoms with E-state index in [-0.39, 0.29) is 18.0 Å². The zero-order chi connectivity index (χ0) is 14.6. The third-order valence-electron chi connectivity index (χ3n) is 2.65. The minimum atomic E-state index is -3.61. The number of aromatic nitrogens is 1. The largest absolute Gasteiger partial charge is 0.392 e. The first-order valence-corrected chi connectivity index (χ1v) is 8.59. The van der Waals surface area contributed by atoms with Crippen molar-refractivity contribution in [2.24, 2.45) is 0 Å². The molecule has 108 valence electrons. The number of nitrogens with one attached hydrogen (secondary N) is 1. The van der Waals surface area contributed by atoms with Crippen molar-refractivity contribution in [3.63, 3.8) is 0 Å². The maximum atomic E-state index is 12.1. The van der Waals surface area contributed by atoms with Gasteiger partial charge in [0.05, 0.1) is 22.7 Å². The summed E-state index contributed by atoms with van der Waals surface area (Å²) in [5.74, 6) is 0. The van der Waals surface area contributed by atoms with Crippen LogP contribution in [0.1, 0.15) is 11.3 Å². The molecule has 0 aliphatic carbocycles. The zero-order valence-electron chi connectivity index (χ0n) is 10.4. The zero-order valence-corrected chi connectivity index (χ0v) is 12.8. The van der Waals surface area contributed by atoms with Crippen molar-refractivity contribution >= 4 is 33.0 Å². The summed E-state index contributed by atoms with van der Waals surface area (Å²) in [6.45, 7) is -0.0375. The van der Waals surface area contributed by atoms with Crippen molar-refractivity contribution in [1.29, 1.82) is 0 Å². The third kappa shape index (κ3) is 3.77. The molecular formula is C12H13ClN2O3S2. The molecule has 0 radical (unpaired) electrons. The van der Waals surface area contributed by atoms with E-state index in [1.807, 2.05) is 5.38 Å². The number of sulfonamides is 1. The maximum absolute atomic E-state index is 12.1. The summed E-state index contributed by atoms with van der Waals surface area (Å²) in [6.07, 6.45) is 0.531. The first-order valence-electron chi connectivity index (χ1n) is 5.79. The van der Waals surface area contributed by atoms with E-state index in [0.29, 0.717) is 17.0 Å². The number of hydrogen-bond acceptors (Lipinski definition) is 5. The molecule has 20 heavy (non-hydrogen) atoms. The quantitative estimate of drug-likeness (QED) is 0.845. The number of rotatable bonds is 6. The van der Waals surface area contributed by atoms with Crippen LogP contribution in [-0.2, 0) is 23.1 Å². The normalized spacial score (nSPS) is 11.7. The number of nitrogens with zero attached hydrogens (tertiary/aromatic N) is 1. The molecule has 1 aromatic heterocycles. The van der Waals surface area contributed by atoms with Crippen molar-refractivity contribution in [3.8, 4) is 0 Å². The maximum Gasteiger partial charge on any atom is 0.240 e. The molecule has 0 fully saturated rings. The minimum Gasteiger partial charge on any atom is -0.392 e. The van der Waals surface area contributed by atoms with Gasteiger partial charge in [0.2, 0.25) is 10.0 Å². The molecule has 2 rings (SSSR count). The van der Waals surface area contributed by atoms with Gasteiger partial charge in [-0.15, -0.1) is 11.3 Å². The van der Waals surface area contributed by atoms with E-state index in [1.165, 1.54) is 29.5 Å². The highest BCUT2D eigenvalue weighted by molar-refractivity contribution is 7.89. The second-order valence-electron chi connectivity index (χ2n) is 4.04. The van der Waals surface area contributed by atoms with Gasteiger partial charge in [0.15, 0.2) is 0 Å². The van der Waals surface area contributed by atoms with Crippen molar-refractivity contribution in [1.82, 2.24) is 9.71 Å². The molecule has 0 unspecified atom stereocenters. The van der Waals surface area contributed by atoms with Crippen LogP contribution >= 0.6 is 22.9 Å². The van der Waals surface area contributed by atoms with Crippen molar-refractivity contribution in [3.05, 3.63) is 45.4 Å². The SMILES string of the molecule is O=S(=O)(NCCc1cscn1)c1ccc(Cl)c(CO)c1. The summed E-state index contributed by atoms with van der Waals surface area (Å²) in [7, 11) is -3.61. The summed E-state index contributed by atoms with van der Waals surface area (Å²) >= 11 is 7.31. The molecule has 2 aromatic rings. The standard InChI is InChI=1S/C12H13ClN2O3S2/c13-12-2-1-11(5-9(12)6-16)20(17,18)15-4-3-10-7-19-8-14-10/h1-2,5,7-8,15-16H,3-4,6H2. The Bertz CT molecular complexity index is 672. The van der Waals surface area contributed by atoms with Gasteiger partial charge in [-0.3, -0.25) is 0 Å². The first kappa shape index (κ1) is 15.4. The van der Waals surface area contributed by atoms with Gasteiger partial charge >= 0.3 is 0 Å². The third-order valence-corrected chi connectivity index (χ3v) is 5.12. The lowest BCUT2D eigenvalue weighted by Gasteiger charge is -2.08. The number of aliphatic hydroxyl groups is 1. The van der Waals surface area contributed by atoms with E-state index >= 15 is 0 Å². The van der Waals surface area contributed by atoms with Gasteiger partial charge in [-0.1, -0.05) is 11.6 Å². The van der Waals surface area contributed by atoms with Gasteiger partial charge in [-0.05, 0) is 23.8 Å². The van der Waals surface area contributed by atoms with E-state index in [1.54, 1.807) is 5.51 Å². The fourth-order valence-electron chi connectivity index (χ4n) is 1.60. The van der Waals surface area contributed by atoms with Gasteiger partial charge < -0.3 is 5.11 Å². The molecule has 0 spiro atoms. The van der Waals surface area contributed by atoms with Crippen LogP contribution in [0, 0.1) is 0 Å². The van der Waals surface area contributed by atoms with Crippen LogP contribution in [0.4, 0.5) is 0 Å². The average molecular weight is 333 g/mol. The lowest BCUT2D eigenvalue weighted by atomic mass is 10.2. The van der Waals surface area contributed by atoms with E-state index in [2.05, 4.69) is 9.71 Å². The predicted molar refractivity (Wildman–Crippen MR) is 78.4 cm³/mol. The van der Waals surface area contributed by atoms with Crippen molar-refractivity contribution in [2.75, 3.05) is 6.54 Å². The molecule has 0 saturated carbocycles. The molecule has 1 aromatic carbocycles. The van der Waals surface area contributed by atoms with Gasteiger partial charge in [0, 0.05) is 23.4 Å². The minimum absolute atomic E-state index is 0.0872. The Morgan fingerprint density at radius 2 is 2.20 bits per heavy atom. The highest BCUT2D eigenvalue weighted by Crippen LogP contribution is 2.20. The van der Waals surface area contributed by atoms with Crippen LogP contribution in [0.15, 0.2) is 34.0 Å². The molecule has 1 heterocycles. The fourth-order valence-corrected chi connectivity index (χ4v) is 3.45. The highest BCUT2D eigenvalue weighted by atomic mass is 35.5. The number of hydrogen-bond donors (Lipinski definition) is 2. The smallest absolute Gasteiger partial charge is 0.240 e. The van der Waals surface area contributed by atoms with Gasteiger partial charge in [0.25, 0.3) is 0 Å². The lowest BCUT2D eigenvalue weighted by molar-refractivity contribution is 0.281. The van der Waals surface area contributed by atoms with E-state index in [9.17, 15) is 8.42 Å². The molecule has 0 bridgehead atoms. The topological polar surface area (TPSA) is 79.3 Å². The molecule has 0 aliphatic heterocycles. The molecule has 0 amide bonds. The van der Waals surface area contributed by atoms with Gasteiger partial charge in [-0.25, -0.2) is 18.1 Å². The van der Waals surface area contributed by atoms with Crippen LogP contribution in [0.3, 0.4) is 0 Å². The van der Waals surface area contributed by atoms with Crippen molar-refractivity contribution < 1.29 is 13.5 Å². The van der Waals surface area contributed by atoms with Crippen LogP contribution in [-0.4, -0.2) is 25.1 Å². The van der Waals surface area contributed by atoms with Crippen LogP contribution in [0.25, 0.3) is 0 Å². The summed E-state index contributed by atoms with van der Waals surface area (Å²) in [5.41, 5.74) is 2.94. The monoisotopic (exact) mass is 332 g/mol. The van der Waals surface area contributed by atoms with E-state index < -0.39 is 10.0 Å². The number of halogens is 1. The Hall–Kier alpha value is -0.990. The molecule has 0 saturated heterocycles. The second-order valence-corrected chi connectivity index (χ2v) is 6.93. The molecule has 0 aliphatic rings. The molecular weight excluding hydrogens is 320 g/mol. The Morgan fingerprint density at radius 1 is 1.40 bits per heavy atom. The summed E-state index contributed by atoms with van der Waals surface area (Å²) < 4.78 is 26.7. The summed E-state index contributed by atoms with van der Waals surface area (Å²) in [6, 6.07) is 4.24. The lowest BCUT2D eigenvalue weighted by Crippen LogP contribution is -2.26. The average Bonchev–Trinajstić information content (AvgIpc) is 2.92. The number of benzene rings is 1. The molecule has 2 N–H and O–H groups in total. The summed E-state index contributed by atoms with van der Waals surface area (Å²) in [5, 5.41) is 11.3. The molecule has 8 heteroatoms. The Kier molecular flexibility index (Phi) is 5.11. The Balaban J connectivity index is 2.06. The van der Waals surface area contributed by atoms with Gasteiger partial charge in [-0.2, -0.15) is 0 Å². The van der Waals surface area contributed by atoms with E-state index in [0.717, 1.165) is 5.69 Å². The molecule has 0 atom stereocenters. The highest BCUT2D eigenvalue weighted by Gasteiger charge is 2.15. The number of aliphatic hydroxyl groups excluding tert-OH is 1.